The first-order chi connectivity index (χ1) is 17.9. The average molecular weight is 551 g/mol. The standard InChI is InChI=1S/C22H21FN6OS.C2HF3O2/c1-14-24-18(13-31-14)22(30)28-9-8-27(2)20(12-28)21-19-7-6-16(11-29(19)26-25-21)15-4-3-5-17(23)10-15;3-2(4,5)1(6)7/h3-7,10-11,13,20H,8-9,12H2,1-2H3;(H,6,7). The zero-order chi connectivity index (χ0) is 27.6. The van der Waals surface area contributed by atoms with Crippen LogP contribution in [0.4, 0.5) is 17.6 Å². The summed E-state index contributed by atoms with van der Waals surface area (Å²) in [6.45, 7) is 3.80. The van der Waals surface area contributed by atoms with Gasteiger partial charge in [-0.2, -0.15) is 13.2 Å². The van der Waals surface area contributed by atoms with Crippen molar-refractivity contribution in [2.24, 2.45) is 0 Å². The minimum Gasteiger partial charge on any atom is -0.475 e. The molecular formula is C24H22F4N6O3S. The fourth-order valence-corrected chi connectivity index (χ4v) is 4.55. The third-order valence-electron chi connectivity index (χ3n) is 5.93. The Labute approximate surface area is 217 Å². The molecule has 38 heavy (non-hydrogen) atoms. The lowest BCUT2D eigenvalue weighted by molar-refractivity contribution is -0.192. The van der Waals surface area contributed by atoms with E-state index in [1.54, 1.807) is 10.6 Å². The van der Waals surface area contributed by atoms with Crippen LogP contribution in [0.5, 0.6) is 0 Å². The third kappa shape index (κ3) is 5.97. The summed E-state index contributed by atoms with van der Waals surface area (Å²) in [4.78, 5) is 30.2. The highest BCUT2D eigenvalue weighted by atomic mass is 32.1. The summed E-state index contributed by atoms with van der Waals surface area (Å²) >= 11 is 1.48. The van der Waals surface area contributed by atoms with Gasteiger partial charge >= 0.3 is 12.1 Å². The van der Waals surface area contributed by atoms with Crippen molar-refractivity contribution in [3.8, 4) is 11.1 Å². The van der Waals surface area contributed by atoms with E-state index in [1.165, 1.54) is 23.5 Å². The lowest BCUT2D eigenvalue weighted by atomic mass is 10.1. The van der Waals surface area contributed by atoms with Crippen molar-refractivity contribution in [2.45, 2.75) is 19.1 Å². The van der Waals surface area contributed by atoms with E-state index in [-0.39, 0.29) is 17.8 Å². The summed E-state index contributed by atoms with van der Waals surface area (Å²) in [5.74, 6) is -3.08. The molecule has 1 N–H and O–H groups in total. The van der Waals surface area contributed by atoms with Gasteiger partial charge in [-0.3, -0.25) is 9.69 Å². The number of carboxylic acids is 1. The van der Waals surface area contributed by atoms with Gasteiger partial charge in [-0.1, -0.05) is 23.4 Å². The number of amides is 1. The lowest BCUT2D eigenvalue weighted by Crippen LogP contribution is -2.49. The van der Waals surface area contributed by atoms with Crippen LogP contribution in [0.3, 0.4) is 0 Å². The van der Waals surface area contributed by atoms with Crippen molar-refractivity contribution in [1.82, 2.24) is 29.6 Å². The number of carboxylic acid groups (broad SMARTS) is 1. The van der Waals surface area contributed by atoms with Crippen molar-refractivity contribution in [2.75, 3.05) is 26.7 Å². The summed E-state index contributed by atoms with van der Waals surface area (Å²) in [6.07, 6.45) is -3.23. The number of aliphatic carboxylic acids is 1. The van der Waals surface area contributed by atoms with Gasteiger partial charge < -0.3 is 10.0 Å². The third-order valence-corrected chi connectivity index (χ3v) is 6.70. The first-order valence-electron chi connectivity index (χ1n) is 11.3. The molecule has 0 spiro atoms. The fourth-order valence-electron chi connectivity index (χ4n) is 3.97. The molecule has 14 heteroatoms. The minimum atomic E-state index is -5.08. The van der Waals surface area contributed by atoms with Crippen LogP contribution in [0.2, 0.25) is 0 Å². The van der Waals surface area contributed by atoms with E-state index < -0.39 is 12.1 Å². The Morgan fingerprint density at radius 1 is 1.13 bits per heavy atom. The summed E-state index contributed by atoms with van der Waals surface area (Å²) in [5, 5.41) is 18.6. The number of aromatic nitrogens is 4. The second kappa shape index (κ2) is 10.8. The average Bonchev–Trinajstić information content (AvgIpc) is 3.49. The molecule has 0 aliphatic carbocycles. The van der Waals surface area contributed by atoms with Gasteiger partial charge in [0, 0.05) is 36.8 Å². The molecule has 1 fully saturated rings. The molecule has 4 heterocycles. The molecule has 4 aromatic rings. The first-order valence-corrected chi connectivity index (χ1v) is 12.1. The van der Waals surface area contributed by atoms with Gasteiger partial charge in [0.2, 0.25) is 0 Å². The van der Waals surface area contributed by atoms with Gasteiger partial charge in [0.1, 0.15) is 17.2 Å². The normalized spacial score (nSPS) is 16.3. The molecule has 1 saturated heterocycles. The smallest absolute Gasteiger partial charge is 0.475 e. The van der Waals surface area contributed by atoms with E-state index in [4.69, 9.17) is 9.90 Å². The zero-order valence-corrected chi connectivity index (χ0v) is 21.0. The van der Waals surface area contributed by atoms with Gasteiger partial charge in [0.05, 0.1) is 16.6 Å². The molecule has 0 bridgehead atoms. The number of rotatable bonds is 3. The maximum absolute atomic E-state index is 13.6. The summed E-state index contributed by atoms with van der Waals surface area (Å²) in [6, 6.07) is 10.3. The highest BCUT2D eigenvalue weighted by Crippen LogP contribution is 2.28. The number of nitrogens with zero attached hydrogens (tertiary/aromatic N) is 6. The van der Waals surface area contributed by atoms with Gasteiger partial charge in [0.25, 0.3) is 5.91 Å². The highest BCUT2D eigenvalue weighted by Gasteiger charge is 2.38. The van der Waals surface area contributed by atoms with Gasteiger partial charge in [-0.25, -0.2) is 18.7 Å². The number of carbonyl (C=O) groups excluding carboxylic acids is 1. The number of fused-ring (bicyclic) bond motifs is 1. The number of thiazole rings is 1. The second-order valence-corrected chi connectivity index (χ2v) is 9.60. The first kappa shape index (κ1) is 27.1. The SMILES string of the molecule is Cc1nc(C(=O)N2CCN(C)C(c3nnn4cc(-c5cccc(F)c5)ccc34)C2)cs1.O=C(O)C(F)(F)F. The maximum atomic E-state index is 13.6. The summed E-state index contributed by atoms with van der Waals surface area (Å²) in [5.41, 5.74) is 3.83. The van der Waals surface area contributed by atoms with Crippen LogP contribution < -0.4 is 0 Å². The molecule has 3 aromatic heterocycles. The van der Waals surface area contributed by atoms with Gasteiger partial charge in [-0.05, 0) is 37.7 Å². The van der Waals surface area contributed by atoms with Crippen molar-refractivity contribution in [1.29, 1.82) is 0 Å². The quantitative estimate of drug-likeness (QED) is 0.384. The molecule has 200 valence electrons. The van der Waals surface area contributed by atoms with Crippen LogP contribution in [0.25, 0.3) is 16.6 Å². The topological polar surface area (TPSA) is 104 Å². The number of halogens is 4. The molecule has 5 rings (SSSR count). The highest BCUT2D eigenvalue weighted by molar-refractivity contribution is 7.09. The van der Waals surface area contributed by atoms with Gasteiger partial charge in [0.15, 0.2) is 0 Å². The minimum absolute atomic E-state index is 0.0488. The number of likely N-dealkylation sites (N-methyl/N-ethyl adjacent to an activating group) is 1. The van der Waals surface area contributed by atoms with Crippen LogP contribution in [-0.2, 0) is 4.79 Å². The van der Waals surface area contributed by atoms with Gasteiger partial charge in [-0.15, -0.1) is 16.4 Å². The number of piperazine rings is 1. The van der Waals surface area contributed by atoms with Crippen LogP contribution in [0, 0.1) is 12.7 Å². The summed E-state index contributed by atoms with van der Waals surface area (Å²) in [7, 11) is 2.03. The summed E-state index contributed by atoms with van der Waals surface area (Å²) < 4.78 is 47.1. The number of hydrogen-bond donors (Lipinski definition) is 1. The Balaban J connectivity index is 0.000000426. The number of pyridine rings is 1. The van der Waals surface area contributed by atoms with Crippen molar-refractivity contribution in [3.05, 3.63) is 70.2 Å². The monoisotopic (exact) mass is 550 g/mol. The van der Waals surface area contributed by atoms with Crippen molar-refractivity contribution in [3.63, 3.8) is 0 Å². The molecular weight excluding hydrogens is 528 g/mol. The van der Waals surface area contributed by atoms with Crippen LogP contribution in [-0.4, -0.2) is 79.5 Å². The molecule has 1 aliphatic rings. The molecule has 1 aromatic carbocycles. The molecule has 1 unspecified atom stereocenters. The van der Waals surface area contributed by atoms with Crippen molar-refractivity contribution < 1.29 is 32.3 Å². The largest absolute Gasteiger partial charge is 0.490 e. The van der Waals surface area contributed by atoms with E-state index in [2.05, 4.69) is 20.2 Å². The Hall–Kier alpha value is -3.91. The molecule has 0 radical (unpaired) electrons. The predicted octanol–water partition coefficient (Wildman–Crippen LogP) is 4.06. The van der Waals surface area contributed by atoms with Crippen LogP contribution >= 0.6 is 11.3 Å². The number of alkyl halides is 3. The Kier molecular flexibility index (Phi) is 7.73. The molecule has 1 aliphatic heterocycles. The molecule has 0 saturated carbocycles. The molecule has 1 amide bonds. The van der Waals surface area contributed by atoms with Crippen LogP contribution in [0.15, 0.2) is 48.0 Å². The van der Waals surface area contributed by atoms with E-state index in [0.717, 1.165) is 33.9 Å². The van der Waals surface area contributed by atoms with E-state index in [1.807, 2.05) is 48.6 Å². The number of aryl methyl sites for hydroxylation is 1. The van der Waals surface area contributed by atoms with E-state index in [9.17, 15) is 22.4 Å². The Morgan fingerprint density at radius 2 is 1.87 bits per heavy atom. The zero-order valence-electron chi connectivity index (χ0n) is 20.2. The second-order valence-electron chi connectivity index (χ2n) is 8.53. The number of hydrogen-bond acceptors (Lipinski definition) is 7. The Bertz CT molecular complexity index is 1470. The maximum Gasteiger partial charge on any atom is 0.490 e. The molecule has 1 atom stereocenters. The number of benzene rings is 1. The molecule has 9 nitrogen and oxygen atoms in total. The van der Waals surface area contributed by atoms with Crippen LogP contribution in [0.1, 0.15) is 27.2 Å². The lowest BCUT2D eigenvalue weighted by Gasteiger charge is -2.38. The fraction of sp³-hybridized carbons (Fsp3) is 0.292. The van der Waals surface area contributed by atoms with E-state index >= 15 is 0 Å². The predicted molar refractivity (Wildman–Crippen MR) is 130 cm³/mol. The van der Waals surface area contributed by atoms with Crippen molar-refractivity contribution >= 4 is 28.7 Å². The number of carbonyl (C=O) groups is 2. The Morgan fingerprint density at radius 3 is 2.50 bits per heavy atom. The van der Waals surface area contributed by atoms with E-state index in [0.29, 0.717) is 18.8 Å².